The lowest BCUT2D eigenvalue weighted by atomic mass is 10.1. The molecular weight excluding hydrogens is 371 g/mol. The quantitative estimate of drug-likeness (QED) is 0.677. The van der Waals surface area contributed by atoms with Gasteiger partial charge in [0.25, 0.3) is 5.91 Å². The van der Waals surface area contributed by atoms with Gasteiger partial charge in [0, 0.05) is 49.4 Å². The molecule has 3 aromatic rings. The number of hydrogen-bond donors (Lipinski definition) is 0. The number of nitrogens with zero attached hydrogens (tertiary/aromatic N) is 5. The minimum Gasteiger partial charge on any atom is -0.353 e. The number of piperazine rings is 1. The van der Waals surface area contributed by atoms with Crippen LogP contribution in [0.25, 0.3) is 10.9 Å². The second kappa shape index (κ2) is 7.06. The fourth-order valence-corrected chi connectivity index (χ4v) is 3.20. The molecule has 9 heteroatoms. The second-order valence-corrected chi connectivity index (χ2v) is 6.45. The predicted molar refractivity (Wildman–Crippen MR) is 96.9 cm³/mol. The maximum Gasteiger partial charge on any atom is 0.433 e. The van der Waals surface area contributed by atoms with Crippen molar-refractivity contribution in [2.45, 2.75) is 6.18 Å². The van der Waals surface area contributed by atoms with Crippen molar-refractivity contribution in [3.63, 3.8) is 0 Å². The van der Waals surface area contributed by atoms with Crippen molar-refractivity contribution in [2.75, 3.05) is 31.1 Å². The lowest BCUT2D eigenvalue weighted by Gasteiger charge is -2.35. The van der Waals surface area contributed by atoms with Crippen LogP contribution in [0.15, 0.2) is 48.9 Å². The Morgan fingerprint density at radius 3 is 2.50 bits per heavy atom. The molecule has 0 aliphatic carbocycles. The van der Waals surface area contributed by atoms with Crippen LogP contribution in [-0.2, 0) is 6.18 Å². The number of hydrogen-bond acceptors (Lipinski definition) is 5. The van der Waals surface area contributed by atoms with E-state index < -0.39 is 11.9 Å². The Morgan fingerprint density at radius 2 is 1.75 bits per heavy atom. The van der Waals surface area contributed by atoms with Crippen LogP contribution < -0.4 is 4.90 Å². The van der Waals surface area contributed by atoms with E-state index in [4.69, 9.17) is 0 Å². The largest absolute Gasteiger partial charge is 0.433 e. The number of anilines is 1. The summed E-state index contributed by atoms with van der Waals surface area (Å²) in [6, 6.07) is 9.99. The molecule has 0 saturated carbocycles. The first-order chi connectivity index (χ1) is 13.4. The number of rotatable bonds is 2. The Kier molecular flexibility index (Phi) is 4.58. The Balaban J connectivity index is 1.45. The molecule has 1 aromatic carbocycles. The third kappa shape index (κ3) is 3.60. The van der Waals surface area contributed by atoms with Gasteiger partial charge in [0.2, 0.25) is 0 Å². The summed E-state index contributed by atoms with van der Waals surface area (Å²) in [5, 5.41) is 0.882. The third-order valence-corrected chi connectivity index (χ3v) is 4.68. The van der Waals surface area contributed by atoms with Gasteiger partial charge in [-0.1, -0.05) is 6.07 Å². The van der Waals surface area contributed by atoms with Crippen molar-refractivity contribution in [3.05, 3.63) is 60.2 Å². The molecule has 0 bridgehead atoms. The van der Waals surface area contributed by atoms with E-state index in [0.717, 1.165) is 23.3 Å². The molecule has 0 atom stereocenters. The van der Waals surface area contributed by atoms with Crippen molar-refractivity contribution in [1.82, 2.24) is 19.9 Å². The van der Waals surface area contributed by atoms with Crippen LogP contribution >= 0.6 is 0 Å². The zero-order valence-corrected chi connectivity index (χ0v) is 14.7. The fraction of sp³-hybridized carbons (Fsp3) is 0.263. The molecule has 0 N–H and O–H groups in total. The smallest absolute Gasteiger partial charge is 0.353 e. The minimum atomic E-state index is -4.51. The van der Waals surface area contributed by atoms with Gasteiger partial charge in [0.15, 0.2) is 0 Å². The third-order valence-electron chi connectivity index (χ3n) is 4.68. The molecule has 0 radical (unpaired) electrons. The van der Waals surface area contributed by atoms with Gasteiger partial charge in [0.1, 0.15) is 17.8 Å². The summed E-state index contributed by atoms with van der Waals surface area (Å²) in [5.41, 5.74) is 0.407. The molecule has 1 amide bonds. The van der Waals surface area contributed by atoms with Gasteiger partial charge in [-0.05, 0) is 24.3 Å². The van der Waals surface area contributed by atoms with Gasteiger partial charge in [0.05, 0.1) is 5.52 Å². The summed E-state index contributed by atoms with van der Waals surface area (Å²) in [5.74, 6) is 0.107. The topological polar surface area (TPSA) is 62.2 Å². The van der Waals surface area contributed by atoms with Gasteiger partial charge in [-0.25, -0.2) is 9.97 Å². The van der Waals surface area contributed by atoms with E-state index in [0.29, 0.717) is 31.7 Å². The van der Waals surface area contributed by atoms with Gasteiger partial charge in [-0.3, -0.25) is 9.78 Å². The average Bonchev–Trinajstić information content (AvgIpc) is 2.72. The summed E-state index contributed by atoms with van der Waals surface area (Å²) in [4.78, 5) is 27.7. The number of alkyl halides is 3. The highest BCUT2D eigenvalue weighted by Crippen LogP contribution is 2.29. The standard InChI is InChI=1S/C19H16F3N5O/c20-19(21,22)16-11-17(25-12-24-16)26-6-8-27(9-7-26)18(28)14-3-4-15-13(10-14)2-1-5-23-15/h1-5,10-12H,6-9H2. The maximum absolute atomic E-state index is 12.8. The van der Waals surface area contributed by atoms with E-state index in [-0.39, 0.29) is 11.7 Å². The molecule has 0 spiro atoms. The number of halogens is 3. The lowest BCUT2D eigenvalue weighted by Crippen LogP contribution is -2.49. The molecule has 2 aromatic heterocycles. The molecule has 6 nitrogen and oxygen atoms in total. The number of aromatic nitrogens is 3. The van der Waals surface area contributed by atoms with Gasteiger partial charge < -0.3 is 9.80 Å². The molecule has 4 rings (SSSR count). The molecule has 1 aliphatic rings. The Bertz CT molecular complexity index is 1020. The van der Waals surface area contributed by atoms with Gasteiger partial charge >= 0.3 is 6.18 Å². The predicted octanol–water partition coefficient (Wildman–Crippen LogP) is 3.01. The molecule has 0 unspecified atom stereocenters. The van der Waals surface area contributed by atoms with Crippen LogP contribution in [-0.4, -0.2) is 51.9 Å². The highest BCUT2D eigenvalue weighted by Gasteiger charge is 2.33. The molecule has 1 saturated heterocycles. The summed E-state index contributed by atoms with van der Waals surface area (Å²) in [7, 11) is 0. The van der Waals surface area contributed by atoms with Crippen molar-refractivity contribution >= 4 is 22.6 Å². The molecular formula is C19H16F3N5O. The first-order valence-electron chi connectivity index (χ1n) is 8.70. The summed E-state index contributed by atoms with van der Waals surface area (Å²) < 4.78 is 38.5. The number of fused-ring (bicyclic) bond motifs is 1. The Hall–Kier alpha value is -3.23. The van der Waals surface area contributed by atoms with Crippen molar-refractivity contribution in [2.24, 2.45) is 0 Å². The number of benzene rings is 1. The molecule has 144 valence electrons. The minimum absolute atomic E-state index is 0.107. The van der Waals surface area contributed by atoms with E-state index in [1.165, 1.54) is 0 Å². The highest BCUT2D eigenvalue weighted by atomic mass is 19.4. The van der Waals surface area contributed by atoms with E-state index in [2.05, 4.69) is 15.0 Å². The zero-order valence-electron chi connectivity index (χ0n) is 14.7. The molecule has 1 fully saturated rings. The Morgan fingerprint density at radius 1 is 0.964 bits per heavy atom. The van der Waals surface area contributed by atoms with E-state index in [9.17, 15) is 18.0 Å². The molecule has 28 heavy (non-hydrogen) atoms. The molecule has 1 aliphatic heterocycles. The zero-order chi connectivity index (χ0) is 19.7. The van der Waals surface area contributed by atoms with Crippen LogP contribution in [0.2, 0.25) is 0 Å². The Labute approximate surface area is 158 Å². The number of pyridine rings is 1. The van der Waals surface area contributed by atoms with Crippen molar-refractivity contribution in [1.29, 1.82) is 0 Å². The first kappa shape index (κ1) is 18.1. The summed E-state index contributed by atoms with van der Waals surface area (Å²) in [6.45, 7) is 1.59. The van der Waals surface area contributed by atoms with E-state index >= 15 is 0 Å². The SMILES string of the molecule is O=C(c1ccc2ncccc2c1)N1CCN(c2cc(C(F)(F)F)ncn2)CC1. The first-order valence-corrected chi connectivity index (χ1v) is 8.70. The monoisotopic (exact) mass is 387 g/mol. The summed E-state index contributed by atoms with van der Waals surface area (Å²) in [6.07, 6.45) is -1.90. The van der Waals surface area contributed by atoms with Crippen LogP contribution in [0.5, 0.6) is 0 Å². The number of carbonyl (C=O) groups excluding carboxylic acids is 1. The highest BCUT2D eigenvalue weighted by molar-refractivity contribution is 5.98. The maximum atomic E-state index is 12.8. The van der Waals surface area contributed by atoms with Crippen LogP contribution in [0.3, 0.4) is 0 Å². The van der Waals surface area contributed by atoms with Crippen LogP contribution in [0, 0.1) is 0 Å². The number of amides is 1. The van der Waals surface area contributed by atoms with Crippen LogP contribution in [0.1, 0.15) is 16.1 Å². The van der Waals surface area contributed by atoms with Gasteiger partial charge in [-0.2, -0.15) is 13.2 Å². The summed E-state index contributed by atoms with van der Waals surface area (Å²) >= 11 is 0. The molecule has 3 heterocycles. The fourth-order valence-electron chi connectivity index (χ4n) is 3.20. The van der Waals surface area contributed by atoms with Crippen molar-refractivity contribution < 1.29 is 18.0 Å². The van der Waals surface area contributed by atoms with E-state index in [1.807, 2.05) is 12.1 Å². The average molecular weight is 387 g/mol. The lowest BCUT2D eigenvalue weighted by molar-refractivity contribution is -0.141. The van der Waals surface area contributed by atoms with Gasteiger partial charge in [-0.15, -0.1) is 0 Å². The second-order valence-electron chi connectivity index (χ2n) is 6.45. The number of carbonyl (C=O) groups is 1. The van der Waals surface area contributed by atoms with Crippen LogP contribution in [0.4, 0.5) is 19.0 Å². The van der Waals surface area contributed by atoms with E-state index in [1.54, 1.807) is 34.2 Å². The van der Waals surface area contributed by atoms with Crippen molar-refractivity contribution in [3.8, 4) is 0 Å². The normalized spacial score (nSPS) is 15.1.